The first kappa shape index (κ1) is 17.6. The zero-order valence-electron chi connectivity index (χ0n) is 12.7. The van der Waals surface area contributed by atoms with Crippen LogP contribution < -0.4 is 10.9 Å². The monoisotopic (exact) mass is 350 g/mol. The molecular weight excluding hydrogens is 335 g/mol. The molecule has 8 heteroatoms. The summed E-state index contributed by atoms with van der Waals surface area (Å²) in [6.07, 6.45) is 0.998. The van der Waals surface area contributed by atoms with E-state index in [0.717, 1.165) is 6.26 Å². The van der Waals surface area contributed by atoms with Gasteiger partial charge in [0, 0.05) is 11.8 Å². The summed E-state index contributed by atoms with van der Waals surface area (Å²) in [7, 11) is -3.43. The van der Waals surface area contributed by atoms with Crippen LogP contribution in [0.1, 0.15) is 15.9 Å². The van der Waals surface area contributed by atoms with E-state index in [-0.39, 0.29) is 16.9 Å². The van der Waals surface area contributed by atoms with E-state index >= 15 is 0 Å². The van der Waals surface area contributed by atoms with E-state index in [9.17, 15) is 22.4 Å². The van der Waals surface area contributed by atoms with Crippen molar-refractivity contribution in [3.63, 3.8) is 0 Å². The highest BCUT2D eigenvalue weighted by Gasteiger charge is 2.12. The molecule has 0 aliphatic carbocycles. The van der Waals surface area contributed by atoms with E-state index in [2.05, 4.69) is 10.9 Å². The van der Waals surface area contributed by atoms with Gasteiger partial charge in [0.15, 0.2) is 9.84 Å². The molecule has 2 rings (SSSR count). The summed E-state index contributed by atoms with van der Waals surface area (Å²) in [5, 5.41) is 0. The second-order valence-electron chi connectivity index (χ2n) is 5.11. The first-order valence-corrected chi connectivity index (χ1v) is 8.78. The number of rotatable bonds is 4. The first-order valence-electron chi connectivity index (χ1n) is 6.89. The Balaban J connectivity index is 1.95. The van der Waals surface area contributed by atoms with Gasteiger partial charge < -0.3 is 0 Å². The molecule has 2 aromatic rings. The lowest BCUT2D eigenvalue weighted by Crippen LogP contribution is -2.42. The molecule has 2 aromatic carbocycles. The Kier molecular flexibility index (Phi) is 5.30. The topological polar surface area (TPSA) is 92.3 Å². The van der Waals surface area contributed by atoms with Gasteiger partial charge in [-0.2, -0.15) is 0 Å². The molecule has 6 nitrogen and oxygen atoms in total. The van der Waals surface area contributed by atoms with Crippen molar-refractivity contribution in [2.24, 2.45) is 0 Å². The van der Waals surface area contributed by atoms with Crippen LogP contribution in [0.3, 0.4) is 0 Å². The van der Waals surface area contributed by atoms with Crippen LogP contribution in [-0.2, 0) is 21.1 Å². The van der Waals surface area contributed by atoms with Crippen molar-refractivity contribution in [2.45, 2.75) is 11.3 Å². The van der Waals surface area contributed by atoms with Gasteiger partial charge in [0.2, 0.25) is 5.91 Å². The minimum absolute atomic E-state index is 0.00721. The SMILES string of the molecule is CS(=O)(=O)c1cccc(C(=O)NNC(=O)Cc2ccc(F)cc2)c1. The van der Waals surface area contributed by atoms with Gasteiger partial charge in [-0.3, -0.25) is 20.4 Å². The van der Waals surface area contributed by atoms with Gasteiger partial charge in [-0.1, -0.05) is 18.2 Å². The molecule has 0 atom stereocenters. The quantitative estimate of drug-likeness (QED) is 0.812. The van der Waals surface area contributed by atoms with Crippen molar-refractivity contribution in [1.82, 2.24) is 10.9 Å². The summed E-state index contributed by atoms with van der Waals surface area (Å²) in [5.41, 5.74) is 5.10. The molecule has 0 bridgehead atoms. The Labute approximate surface area is 138 Å². The van der Waals surface area contributed by atoms with Gasteiger partial charge >= 0.3 is 0 Å². The fourth-order valence-electron chi connectivity index (χ4n) is 1.90. The highest BCUT2D eigenvalue weighted by molar-refractivity contribution is 7.90. The second kappa shape index (κ2) is 7.22. The largest absolute Gasteiger partial charge is 0.273 e. The minimum Gasteiger partial charge on any atom is -0.273 e. The predicted octanol–water partition coefficient (Wildman–Crippen LogP) is 1.23. The summed E-state index contributed by atoms with van der Waals surface area (Å²) in [5.74, 6) is -1.54. The third-order valence-electron chi connectivity index (χ3n) is 3.12. The molecule has 0 saturated heterocycles. The van der Waals surface area contributed by atoms with Gasteiger partial charge in [-0.25, -0.2) is 12.8 Å². The van der Waals surface area contributed by atoms with Crippen LogP contribution in [0.15, 0.2) is 53.4 Å². The van der Waals surface area contributed by atoms with Gasteiger partial charge in [-0.05, 0) is 35.9 Å². The molecule has 0 radical (unpaired) electrons. The van der Waals surface area contributed by atoms with E-state index in [1.54, 1.807) is 0 Å². The Morgan fingerprint density at radius 3 is 2.33 bits per heavy atom. The molecule has 0 unspecified atom stereocenters. The summed E-state index contributed by atoms with van der Waals surface area (Å²) in [6, 6.07) is 10.9. The van der Waals surface area contributed by atoms with Crippen molar-refractivity contribution in [3.05, 3.63) is 65.5 Å². The zero-order chi connectivity index (χ0) is 17.7. The molecule has 2 amide bonds. The number of benzene rings is 2. The predicted molar refractivity (Wildman–Crippen MR) is 85.3 cm³/mol. The van der Waals surface area contributed by atoms with E-state index < -0.39 is 27.5 Å². The van der Waals surface area contributed by atoms with Crippen LogP contribution in [0.4, 0.5) is 4.39 Å². The third-order valence-corrected chi connectivity index (χ3v) is 4.23. The lowest BCUT2D eigenvalue weighted by molar-refractivity contribution is -0.121. The van der Waals surface area contributed by atoms with Crippen molar-refractivity contribution in [2.75, 3.05) is 6.26 Å². The maximum atomic E-state index is 12.8. The van der Waals surface area contributed by atoms with Crippen molar-refractivity contribution < 1.29 is 22.4 Å². The fraction of sp³-hybridized carbons (Fsp3) is 0.125. The highest BCUT2D eigenvalue weighted by atomic mass is 32.2. The molecule has 0 saturated carbocycles. The number of nitrogens with one attached hydrogen (secondary N) is 2. The summed E-state index contributed by atoms with van der Waals surface area (Å²) in [4.78, 5) is 23.7. The lowest BCUT2D eigenvalue weighted by Gasteiger charge is -2.08. The summed E-state index contributed by atoms with van der Waals surface area (Å²) in [6.45, 7) is 0. The maximum Gasteiger partial charge on any atom is 0.269 e. The second-order valence-corrected chi connectivity index (χ2v) is 7.12. The van der Waals surface area contributed by atoms with Crippen LogP contribution in [-0.4, -0.2) is 26.5 Å². The Morgan fingerprint density at radius 1 is 1.04 bits per heavy atom. The molecule has 0 aliphatic heterocycles. The standard InChI is InChI=1S/C16H15FN2O4S/c1-24(22,23)14-4-2-3-12(10-14)16(21)19-18-15(20)9-11-5-7-13(17)8-6-11/h2-8,10H,9H2,1H3,(H,18,20)(H,19,21). The van der Waals surface area contributed by atoms with Crippen LogP contribution in [0, 0.1) is 5.82 Å². The lowest BCUT2D eigenvalue weighted by atomic mass is 10.1. The van der Waals surface area contributed by atoms with Crippen LogP contribution in [0.25, 0.3) is 0 Å². The number of sulfone groups is 1. The fourth-order valence-corrected chi connectivity index (χ4v) is 2.57. The molecule has 24 heavy (non-hydrogen) atoms. The smallest absolute Gasteiger partial charge is 0.269 e. The molecule has 0 fully saturated rings. The number of amides is 2. The average molecular weight is 350 g/mol. The summed E-state index contributed by atoms with van der Waals surface area (Å²) < 4.78 is 35.7. The first-order chi connectivity index (χ1) is 11.3. The number of hydrazine groups is 1. The maximum absolute atomic E-state index is 12.8. The molecule has 0 aliphatic rings. The van der Waals surface area contributed by atoms with Crippen LogP contribution in [0.5, 0.6) is 0 Å². The van der Waals surface area contributed by atoms with E-state index in [1.807, 2.05) is 0 Å². The minimum atomic E-state index is -3.43. The van der Waals surface area contributed by atoms with Crippen LogP contribution in [0.2, 0.25) is 0 Å². The Hall–Kier alpha value is -2.74. The van der Waals surface area contributed by atoms with Crippen molar-refractivity contribution in [3.8, 4) is 0 Å². The zero-order valence-corrected chi connectivity index (χ0v) is 13.6. The molecule has 126 valence electrons. The third kappa shape index (κ3) is 4.88. The van der Waals surface area contributed by atoms with Gasteiger partial charge in [-0.15, -0.1) is 0 Å². The van der Waals surface area contributed by atoms with Crippen molar-refractivity contribution >= 4 is 21.7 Å². The van der Waals surface area contributed by atoms with E-state index in [4.69, 9.17) is 0 Å². The van der Waals surface area contributed by atoms with E-state index in [1.165, 1.54) is 48.5 Å². The van der Waals surface area contributed by atoms with Crippen LogP contribution >= 0.6 is 0 Å². The number of hydrogen-bond acceptors (Lipinski definition) is 4. The highest BCUT2D eigenvalue weighted by Crippen LogP contribution is 2.11. The van der Waals surface area contributed by atoms with E-state index in [0.29, 0.717) is 5.56 Å². The van der Waals surface area contributed by atoms with Gasteiger partial charge in [0.1, 0.15) is 5.82 Å². The molecule has 2 N–H and O–H groups in total. The molecular formula is C16H15FN2O4S. The Bertz CT molecular complexity index is 864. The number of hydrogen-bond donors (Lipinski definition) is 2. The van der Waals surface area contributed by atoms with Gasteiger partial charge in [0.25, 0.3) is 5.91 Å². The Morgan fingerprint density at radius 2 is 1.71 bits per heavy atom. The number of carbonyl (C=O) groups is 2. The molecule has 0 aromatic heterocycles. The average Bonchev–Trinajstić information content (AvgIpc) is 2.54. The molecule has 0 spiro atoms. The van der Waals surface area contributed by atoms with Gasteiger partial charge in [0.05, 0.1) is 11.3 Å². The normalized spacial score (nSPS) is 10.9. The summed E-state index contributed by atoms with van der Waals surface area (Å²) >= 11 is 0. The number of halogens is 1. The number of carbonyl (C=O) groups excluding carboxylic acids is 2. The molecule has 0 heterocycles. The van der Waals surface area contributed by atoms with Crippen molar-refractivity contribution in [1.29, 1.82) is 0 Å².